The molecule has 1 fully saturated rings. The molecular formula is C17H21N. The van der Waals surface area contributed by atoms with Gasteiger partial charge in [-0.2, -0.15) is 0 Å². The molecule has 3 rings (SSSR count). The number of benzene rings is 2. The zero-order chi connectivity index (χ0) is 12.4. The van der Waals surface area contributed by atoms with Crippen molar-refractivity contribution in [1.82, 2.24) is 0 Å². The lowest BCUT2D eigenvalue weighted by atomic mass is 10.0. The van der Waals surface area contributed by atoms with E-state index in [1.807, 2.05) is 0 Å². The highest BCUT2D eigenvalue weighted by molar-refractivity contribution is 5.86. The SMILES string of the molecule is CCc1ccc2cc(N3CCCCC3)ccc2c1. The fraction of sp³-hybridized carbons (Fsp3) is 0.412. The molecule has 2 aromatic rings. The zero-order valence-corrected chi connectivity index (χ0v) is 11.2. The Morgan fingerprint density at radius 3 is 2.39 bits per heavy atom. The summed E-state index contributed by atoms with van der Waals surface area (Å²) < 4.78 is 0. The lowest BCUT2D eigenvalue weighted by Gasteiger charge is -2.29. The molecule has 0 aromatic heterocycles. The van der Waals surface area contributed by atoms with Crippen molar-refractivity contribution in [2.45, 2.75) is 32.6 Å². The van der Waals surface area contributed by atoms with Crippen molar-refractivity contribution in [3.05, 3.63) is 42.0 Å². The molecule has 0 amide bonds. The number of aryl methyl sites for hydroxylation is 1. The molecule has 0 bridgehead atoms. The summed E-state index contributed by atoms with van der Waals surface area (Å²) in [5.74, 6) is 0. The number of hydrogen-bond acceptors (Lipinski definition) is 1. The molecule has 1 heteroatoms. The molecule has 0 radical (unpaired) electrons. The Hall–Kier alpha value is -1.50. The quantitative estimate of drug-likeness (QED) is 0.751. The van der Waals surface area contributed by atoms with Crippen LogP contribution in [0.3, 0.4) is 0 Å². The minimum atomic E-state index is 1.11. The molecule has 2 aromatic carbocycles. The minimum Gasteiger partial charge on any atom is -0.372 e. The Kier molecular flexibility index (Phi) is 3.22. The maximum Gasteiger partial charge on any atom is 0.0372 e. The summed E-state index contributed by atoms with van der Waals surface area (Å²) in [4.78, 5) is 2.52. The first kappa shape index (κ1) is 11.6. The van der Waals surface area contributed by atoms with Gasteiger partial charge < -0.3 is 4.90 Å². The van der Waals surface area contributed by atoms with Gasteiger partial charge in [0.05, 0.1) is 0 Å². The third-order valence-corrected chi connectivity index (χ3v) is 4.02. The lowest BCUT2D eigenvalue weighted by Crippen LogP contribution is -2.29. The third-order valence-electron chi connectivity index (χ3n) is 4.02. The van der Waals surface area contributed by atoms with Crippen LogP contribution >= 0.6 is 0 Å². The number of anilines is 1. The van der Waals surface area contributed by atoms with Crippen molar-refractivity contribution < 1.29 is 0 Å². The fourth-order valence-electron chi connectivity index (χ4n) is 2.85. The van der Waals surface area contributed by atoms with E-state index >= 15 is 0 Å². The van der Waals surface area contributed by atoms with Crippen LogP contribution in [-0.4, -0.2) is 13.1 Å². The number of rotatable bonds is 2. The molecule has 0 aliphatic carbocycles. The van der Waals surface area contributed by atoms with Crippen molar-refractivity contribution in [3.8, 4) is 0 Å². The molecule has 0 unspecified atom stereocenters. The second kappa shape index (κ2) is 5.01. The van der Waals surface area contributed by atoms with Crippen LogP contribution in [0, 0.1) is 0 Å². The van der Waals surface area contributed by atoms with Gasteiger partial charge in [0.1, 0.15) is 0 Å². The number of piperidine rings is 1. The van der Waals surface area contributed by atoms with Crippen LogP contribution in [0.5, 0.6) is 0 Å². The largest absolute Gasteiger partial charge is 0.372 e. The van der Waals surface area contributed by atoms with Crippen LogP contribution in [-0.2, 0) is 6.42 Å². The van der Waals surface area contributed by atoms with E-state index in [2.05, 4.69) is 48.2 Å². The Balaban J connectivity index is 1.95. The Labute approximate surface area is 109 Å². The first-order chi connectivity index (χ1) is 8.86. The van der Waals surface area contributed by atoms with E-state index in [1.54, 1.807) is 0 Å². The summed E-state index contributed by atoms with van der Waals surface area (Å²) in [6.45, 7) is 4.65. The highest BCUT2D eigenvalue weighted by Gasteiger charge is 2.10. The van der Waals surface area contributed by atoms with Crippen LogP contribution in [0.25, 0.3) is 10.8 Å². The Morgan fingerprint density at radius 1 is 0.889 bits per heavy atom. The van der Waals surface area contributed by atoms with E-state index in [9.17, 15) is 0 Å². The first-order valence-electron chi connectivity index (χ1n) is 7.14. The maximum absolute atomic E-state index is 2.52. The van der Waals surface area contributed by atoms with Crippen molar-refractivity contribution >= 4 is 16.5 Å². The Morgan fingerprint density at radius 2 is 1.61 bits per heavy atom. The molecule has 1 heterocycles. The third kappa shape index (κ3) is 2.22. The molecule has 1 aliphatic rings. The highest BCUT2D eigenvalue weighted by Crippen LogP contribution is 2.25. The topological polar surface area (TPSA) is 3.24 Å². The smallest absolute Gasteiger partial charge is 0.0372 e. The Bertz CT molecular complexity index is 538. The standard InChI is InChI=1S/C17H21N/c1-2-14-6-7-16-13-17(9-8-15(16)12-14)18-10-4-3-5-11-18/h6-9,12-13H,2-5,10-11H2,1H3. The van der Waals surface area contributed by atoms with E-state index in [0.29, 0.717) is 0 Å². The molecule has 94 valence electrons. The van der Waals surface area contributed by atoms with Gasteiger partial charge in [0, 0.05) is 18.8 Å². The van der Waals surface area contributed by atoms with Gasteiger partial charge in [0.25, 0.3) is 0 Å². The van der Waals surface area contributed by atoms with Gasteiger partial charge in [-0.05, 0) is 54.2 Å². The van der Waals surface area contributed by atoms with E-state index in [4.69, 9.17) is 0 Å². The summed E-state index contributed by atoms with van der Waals surface area (Å²) in [7, 11) is 0. The molecule has 0 N–H and O–H groups in total. The molecule has 1 saturated heterocycles. The van der Waals surface area contributed by atoms with E-state index in [1.165, 1.54) is 54.4 Å². The van der Waals surface area contributed by atoms with Gasteiger partial charge in [-0.1, -0.05) is 31.2 Å². The average Bonchev–Trinajstić information content (AvgIpc) is 2.47. The molecule has 18 heavy (non-hydrogen) atoms. The van der Waals surface area contributed by atoms with Crippen LogP contribution in [0.4, 0.5) is 5.69 Å². The molecule has 0 atom stereocenters. The van der Waals surface area contributed by atoms with Crippen molar-refractivity contribution in [2.24, 2.45) is 0 Å². The van der Waals surface area contributed by atoms with Crippen molar-refractivity contribution in [1.29, 1.82) is 0 Å². The van der Waals surface area contributed by atoms with E-state index in [-0.39, 0.29) is 0 Å². The van der Waals surface area contributed by atoms with Gasteiger partial charge in [0.15, 0.2) is 0 Å². The lowest BCUT2D eigenvalue weighted by molar-refractivity contribution is 0.578. The monoisotopic (exact) mass is 239 g/mol. The van der Waals surface area contributed by atoms with Crippen LogP contribution in [0.15, 0.2) is 36.4 Å². The second-order valence-corrected chi connectivity index (χ2v) is 5.27. The number of hydrogen-bond donors (Lipinski definition) is 0. The minimum absolute atomic E-state index is 1.11. The van der Waals surface area contributed by atoms with Crippen molar-refractivity contribution in [3.63, 3.8) is 0 Å². The van der Waals surface area contributed by atoms with E-state index < -0.39 is 0 Å². The predicted molar refractivity (Wildman–Crippen MR) is 79.4 cm³/mol. The van der Waals surface area contributed by atoms with Crippen molar-refractivity contribution in [2.75, 3.05) is 18.0 Å². The molecule has 0 saturated carbocycles. The van der Waals surface area contributed by atoms with Gasteiger partial charge in [0.2, 0.25) is 0 Å². The zero-order valence-electron chi connectivity index (χ0n) is 11.2. The normalized spacial score (nSPS) is 16.2. The fourth-order valence-corrected chi connectivity index (χ4v) is 2.85. The summed E-state index contributed by atoms with van der Waals surface area (Å²) in [6.07, 6.45) is 5.19. The molecular weight excluding hydrogens is 218 g/mol. The van der Waals surface area contributed by atoms with Crippen LogP contribution in [0.2, 0.25) is 0 Å². The molecule has 1 aliphatic heterocycles. The summed E-state index contributed by atoms with van der Waals surface area (Å²) in [6, 6.07) is 13.7. The summed E-state index contributed by atoms with van der Waals surface area (Å²) >= 11 is 0. The highest BCUT2D eigenvalue weighted by atomic mass is 15.1. The van der Waals surface area contributed by atoms with Crippen LogP contribution < -0.4 is 4.90 Å². The molecule has 0 spiro atoms. The van der Waals surface area contributed by atoms with Crippen LogP contribution in [0.1, 0.15) is 31.7 Å². The first-order valence-corrected chi connectivity index (χ1v) is 7.14. The van der Waals surface area contributed by atoms with Gasteiger partial charge >= 0.3 is 0 Å². The van der Waals surface area contributed by atoms with E-state index in [0.717, 1.165) is 6.42 Å². The number of nitrogens with zero attached hydrogens (tertiary/aromatic N) is 1. The predicted octanol–water partition coefficient (Wildman–Crippen LogP) is 4.39. The average molecular weight is 239 g/mol. The van der Waals surface area contributed by atoms with Gasteiger partial charge in [-0.3, -0.25) is 0 Å². The summed E-state index contributed by atoms with van der Waals surface area (Å²) in [5, 5.41) is 2.74. The van der Waals surface area contributed by atoms with Gasteiger partial charge in [-0.25, -0.2) is 0 Å². The summed E-state index contributed by atoms with van der Waals surface area (Å²) in [5.41, 5.74) is 2.82. The molecule has 1 nitrogen and oxygen atoms in total. The second-order valence-electron chi connectivity index (χ2n) is 5.27. The van der Waals surface area contributed by atoms with Gasteiger partial charge in [-0.15, -0.1) is 0 Å². The number of fused-ring (bicyclic) bond motifs is 1. The maximum atomic E-state index is 2.52.